The Balaban J connectivity index is 1.16. The summed E-state index contributed by atoms with van der Waals surface area (Å²) in [6, 6.07) is 25.4. The van der Waals surface area contributed by atoms with Gasteiger partial charge in [0.2, 0.25) is 5.91 Å². The molecule has 0 N–H and O–H groups in total. The summed E-state index contributed by atoms with van der Waals surface area (Å²) < 4.78 is 11.7. The minimum Gasteiger partial charge on any atom is -0.493 e. The van der Waals surface area contributed by atoms with Crippen LogP contribution in [0.3, 0.4) is 0 Å². The predicted octanol–water partition coefficient (Wildman–Crippen LogP) is 6.70. The number of hydrogen-bond donors (Lipinski definition) is 0. The molecule has 6 rings (SSSR count). The van der Waals surface area contributed by atoms with E-state index in [2.05, 4.69) is 6.07 Å². The zero-order valence-corrected chi connectivity index (χ0v) is 24.4. The van der Waals surface area contributed by atoms with Crippen molar-refractivity contribution in [2.75, 3.05) is 20.2 Å². The van der Waals surface area contributed by atoms with Crippen LogP contribution in [0.2, 0.25) is 5.02 Å². The average molecular weight is 599 g/mol. The number of thioether (sulfide) groups is 1. The Labute approximate surface area is 252 Å². The quantitative estimate of drug-likeness (QED) is 0.220. The summed E-state index contributed by atoms with van der Waals surface area (Å²) in [7, 11) is 1.51. The lowest BCUT2D eigenvalue weighted by Crippen LogP contribution is -2.44. The molecular weight excluding hydrogens is 572 g/mol. The van der Waals surface area contributed by atoms with E-state index in [-0.39, 0.29) is 24.0 Å². The van der Waals surface area contributed by atoms with Crippen LogP contribution in [0.1, 0.15) is 22.3 Å². The number of methoxy groups -OCH3 is 1. The molecule has 212 valence electrons. The van der Waals surface area contributed by atoms with Gasteiger partial charge in [0.25, 0.3) is 11.1 Å². The molecule has 0 atom stereocenters. The Morgan fingerprint density at radius 1 is 1.00 bits per heavy atom. The van der Waals surface area contributed by atoms with E-state index in [4.69, 9.17) is 21.1 Å². The number of carbonyl (C=O) groups excluding carboxylic acids is 3. The Kier molecular flexibility index (Phi) is 7.91. The first-order valence-corrected chi connectivity index (χ1v) is 14.7. The van der Waals surface area contributed by atoms with Gasteiger partial charge in [-0.2, -0.15) is 0 Å². The van der Waals surface area contributed by atoms with Gasteiger partial charge in [0.05, 0.1) is 17.0 Å². The Hall–Kier alpha value is -4.27. The third kappa shape index (κ3) is 5.60. The summed E-state index contributed by atoms with van der Waals surface area (Å²) in [6.07, 6.45) is 2.32. The number of imide groups is 1. The Morgan fingerprint density at radius 2 is 1.76 bits per heavy atom. The Morgan fingerprint density at radius 3 is 2.60 bits per heavy atom. The van der Waals surface area contributed by atoms with E-state index in [1.807, 2.05) is 60.7 Å². The van der Waals surface area contributed by atoms with Gasteiger partial charge in [-0.25, -0.2) is 0 Å². The van der Waals surface area contributed by atoms with Crippen LogP contribution < -0.4 is 9.47 Å². The van der Waals surface area contributed by atoms with E-state index in [1.165, 1.54) is 12.7 Å². The molecule has 0 radical (unpaired) electrons. The largest absolute Gasteiger partial charge is 0.493 e. The summed E-state index contributed by atoms with van der Waals surface area (Å²) in [6.45, 7) is 1.00. The molecule has 2 aliphatic heterocycles. The highest BCUT2D eigenvalue weighted by Gasteiger charge is 2.37. The number of fused-ring (bicyclic) bond motifs is 2. The molecule has 1 saturated heterocycles. The molecule has 0 aromatic heterocycles. The molecule has 0 unspecified atom stereocenters. The van der Waals surface area contributed by atoms with Crippen molar-refractivity contribution in [3.8, 4) is 11.5 Å². The van der Waals surface area contributed by atoms with Crippen molar-refractivity contribution in [2.45, 2.75) is 19.6 Å². The number of halogens is 1. The van der Waals surface area contributed by atoms with Gasteiger partial charge < -0.3 is 14.4 Å². The van der Waals surface area contributed by atoms with Gasteiger partial charge in [-0.3, -0.25) is 19.3 Å². The number of amides is 3. The van der Waals surface area contributed by atoms with Crippen molar-refractivity contribution in [2.24, 2.45) is 0 Å². The van der Waals surface area contributed by atoms with Gasteiger partial charge in [0.1, 0.15) is 13.2 Å². The summed E-state index contributed by atoms with van der Waals surface area (Å²) in [5.41, 5.74) is 3.88. The summed E-state index contributed by atoms with van der Waals surface area (Å²) in [5, 5.41) is 2.03. The smallest absolute Gasteiger partial charge is 0.294 e. The van der Waals surface area contributed by atoms with Crippen molar-refractivity contribution in [1.29, 1.82) is 0 Å². The van der Waals surface area contributed by atoms with Crippen LogP contribution in [0.5, 0.6) is 11.5 Å². The lowest BCUT2D eigenvalue weighted by molar-refractivity contribution is -0.136. The van der Waals surface area contributed by atoms with Gasteiger partial charge in [-0.05, 0) is 69.4 Å². The zero-order chi connectivity index (χ0) is 29.2. The molecule has 42 heavy (non-hydrogen) atoms. The molecule has 2 heterocycles. The molecular formula is C33H27ClN2O5S. The number of benzene rings is 4. The molecule has 0 saturated carbocycles. The number of ether oxygens (including phenoxy) is 2. The highest BCUT2D eigenvalue weighted by molar-refractivity contribution is 8.18. The van der Waals surface area contributed by atoms with Crippen molar-refractivity contribution < 1.29 is 23.9 Å². The van der Waals surface area contributed by atoms with Gasteiger partial charge >= 0.3 is 0 Å². The van der Waals surface area contributed by atoms with Crippen molar-refractivity contribution in [1.82, 2.24) is 9.80 Å². The topological polar surface area (TPSA) is 76.2 Å². The number of nitrogens with zero attached hydrogens (tertiary/aromatic N) is 2. The molecule has 9 heteroatoms. The number of hydrogen-bond acceptors (Lipinski definition) is 6. The molecule has 7 nitrogen and oxygen atoms in total. The van der Waals surface area contributed by atoms with Gasteiger partial charge in [-0.15, -0.1) is 0 Å². The van der Waals surface area contributed by atoms with Crippen LogP contribution in [-0.2, 0) is 29.2 Å². The standard InChI is InChI=1S/C33H27ClN2O5S/c1-40-28-16-21(15-27(34)31(28)41-20-25-11-6-10-23-8-4-5-12-26(23)25)17-29-32(38)36(33(39)42-29)19-30(37)35-14-13-22-7-2-3-9-24(22)18-35/h2-12,15-17H,13-14,18-20H2,1H3/b29-17-. The Bertz CT molecular complexity index is 1750. The number of rotatable bonds is 7. The van der Waals surface area contributed by atoms with Crippen molar-refractivity contribution in [3.05, 3.63) is 111 Å². The maximum Gasteiger partial charge on any atom is 0.294 e. The summed E-state index contributed by atoms with van der Waals surface area (Å²) >= 11 is 7.41. The SMILES string of the molecule is COc1cc(/C=C2\SC(=O)N(CC(=O)N3CCc4ccccc4C3)C2=O)cc(Cl)c1OCc1cccc2ccccc12. The molecule has 3 amide bonds. The minimum absolute atomic E-state index is 0.208. The first-order valence-electron chi connectivity index (χ1n) is 13.5. The molecule has 0 aliphatic carbocycles. The maximum atomic E-state index is 13.2. The van der Waals surface area contributed by atoms with Crippen LogP contribution in [0.15, 0.2) is 83.8 Å². The monoisotopic (exact) mass is 598 g/mol. The fourth-order valence-corrected chi connectivity index (χ4v) is 6.37. The third-order valence-electron chi connectivity index (χ3n) is 7.45. The lowest BCUT2D eigenvalue weighted by Gasteiger charge is -2.29. The van der Waals surface area contributed by atoms with E-state index >= 15 is 0 Å². The molecule has 0 spiro atoms. The average Bonchev–Trinajstić information content (AvgIpc) is 3.27. The second-order valence-electron chi connectivity index (χ2n) is 10.1. The van der Waals surface area contributed by atoms with Crippen molar-refractivity contribution in [3.63, 3.8) is 0 Å². The maximum absolute atomic E-state index is 13.2. The predicted molar refractivity (Wildman–Crippen MR) is 165 cm³/mol. The second kappa shape index (κ2) is 11.9. The third-order valence-corrected chi connectivity index (χ3v) is 8.64. The van der Waals surface area contributed by atoms with E-state index < -0.39 is 11.1 Å². The molecule has 1 fully saturated rings. The van der Waals surface area contributed by atoms with Gasteiger partial charge in [-0.1, -0.05) is 78.3 Å². The van der Waals surface area contributed by atoms with E-state index in [1.54, 1.807) is 23.1 Å². The molecule has 0 bridgehead atoms. The first kappa shape index (κ1) is 27.9. The fraction of sp³-hybridized carbons (Fsp3) is 0.182. The first-order chi connectivity index (χ1) is 20.4. The highest BCUT2D eigenvalue weighted by atomic mass is 35.5. The fourth-order valence-electron chi connectivity index (χ4n) is 5.26. The van der Waals surface area contributed by atoms with Crippen LogP contribution in [0, 0.1) is 0 Å². The van der Waals surface area contributed by atoms with Crippen LogP contribution in [-0.4, -0.2) is 47.1 Å². The normalized spacial score (nSPS) is 15.8. The summed E-state index contributed by atoms with van der Waals surface area (Å²) in [5.74, 6) is 0.00687. The van der Waals surface area contributed by atoms with Gasteiger partial charge in [0, 0.05) is 13.1 Å². The van der Waals surface area contributed by atoms with Gasteiger partial charge in [0.15, 0.2) is 11.5 Å². The van der Waals surface area contributed by atoms with E-state index in [0.717, 1.165) is 45.0 Å². The van der Waals surface area contributed by atoms with Crippen LogP contribution in [0.4, 0.5) is 4.79 Å². The van der Waals surface area contributed by atoms with Crippen molar-refractivity contribution >= 4 is 57.3 Å². The number of carbonyl (C=O) groups is 3. The second-order valence-corrected chi connectivity index (χ2v) is 11.5. The molecule has 4 aromatic rings. The van der Waals surface area contributed by atoms with E-state index in [9.17, 15) is 14.4 Å². The molecule has 4 aromatic carbocycles. The highest BCUT2D eigenvalue weighted by Crippen LogP contribution is 2.39. The zero-order valence-electron chi connectivity index (χ0n) is 22.8. The minimum atomic E-state index is -0.512. The van der Waals surface area contributed by atoms with E-state index in [0.29, 0.717) is 35.2 Å². The lowest BCUT2D eigenvalue weighted by atomic mass is 10.00. The molecule has 2 aliphatic rings. The van der Waals surface area contributed by atoms with Crippen LogP contribution >= 0.6 is 23.4 Å². The summed E-state index contributed by atoms with van der Waals surface area (Å²) in [4.78, 5) is 41.8. The van der Waals surface area contributed by atoms with Crippen LogP contribution in [0.25, 0.3) is 16.8 Å².